The number of rotatable bonds is 14. The lowest BCUT2D eigenvalue weighted by Gasteiger charge is -2.38. The van der Waals surface area contributed by atoms with Crippen molar-refractivity contribution in [3.05, 3.63) is 12.7 Å². The molecule has 48 heavy (non-hydrogen) atoms. The van der Waals surface area contributed by atoms with E-state index in [9.17, 15) is 41.9 Å². The molecule has 1 aliphatic rings. The first-order valence-corrected chi connectivity index (χ1v) is 16.3. The third kappa shape index (κ3) is 12.8. The molecule has 6 amide bonds. The third-order valence-electron chi connectivity index (χ3n) is 8.06. The van der Waals surface area contributed by atoms with Gasteiger partial charge in [-0.05, 0) is 49.4 Å². The molecule has 1 heterocycles. The molecule has 1 saturated heterocycles. The van der Waals surface area contributed by atoms with E-state index in [1.807, 2.05) is 13.8 Å². The standard InChI is InChI=1S/C33H55F3N6O6/c1-12-16-37-27(45)23(43)21(13-15-33(34,35)36)39-26(44)22-20(18(2)3)14-17-42(22)29(47)25(32(9,10)11)41-30(48)40-24(31(6,7)8)28(46)38-19(4)5/h12,18-22,24-25H,1,13-17H2,2-11H3,(H,37,45)(H,38,46)(H,39,44)(H2,40,41,48)/t20-,21?,22+,24-,25-/m1/s1. The highest BCUT2D eigenvalue weighted by Crippen LogP contribution is 2.34. The number of alkyl halides is 3. The first-order valence-electron chi connectivity index (χ1n) is 16.3. The van der Waals surface area contributed by atoms with Crippen molar-refractivity contribution in [3.63, 3.8) is 0 Å². The van der Waals surface area contributed by atoms with Gasteiger partial charge in [0.15, 0.2) is 0 Å². The predicted octanol–water partition coefficient (Wildman–Crippen LogP) is 3.21. The molecule has 1 aliphatic heterocycles. The van der Waals surface area contributed by atoms with Gasteiger partial charge in [-0.25, -0.2) is 4.79 Å². The van der Waals surface area contributed by atoms with Gasteiger partial charge >= 0.3 is 12.2 Å². The minimum absolute atomic E-state index is 0.0953. The van der Waals surface area contributed by atoms with E-state index in [0.29, 0.717) is 6.42 Å². The van der Waals surface area contributed by atoms with Gasteiger partial charge in [0.1, 0.15) is 18.1 Å². The number of hydrogen-bond acceptors (Lipinski definition) is 6. The van der Waals surface area contributed by atoms with E-state index in [1.165, 1.54) is 11.0 Å². The van der Waals surface area contributed by atoms with Gasteiger partial charge in [0.25, 0.3) is 5.91 Å². The molecule has 0 aliphatic carbocycles. The fourth-order valence-electron chi connectivity index (χ4n) is 5.50. The first-order chi connectivity index (χ1) is 21.8. The average molecular weight is 689 g/mol. The summed E-state index contributed by atoms with van der Waals surface area (Å²) in [5.74, 6) is -4.95. The predicted molar refractivity (Wildman–Crippen MR) is 175 cm³/mol. The van der Waals surface area contributed by atoms with Crippen LogP contribution in [0.2, 0.25) is 0 Å². The molecule has 274 valence electrons. The lowest BCUT2D eigenvalue weighted by Crippen LogP contribution is -2.63. The maximum absolute atomic E-state index is 14.2. The normalized spacial score (nSPS) is 18.9. The maximum atomic E-state index is 14.2. The Morgan fingerprint density at radius 2 is 1.40 bits per heavy atom. The summed E-state index contributed by atoms with van der Waals surface area (Å²) >= 11 is 0. The molecule has 0 aromatic rings. The van der Waals surface area contributed by atoms with Gasteiger partial charge in [-0.3, -0.25) is 24.0 Å². The summed E-state index contributed by atoms with van der Waals surface area (Å²) in [6.45, 7) is 21.1. The largest absolute Gasteiger partial charge is 0.389 e. The number of amides is 6. The van der Waals surface area contributed by atoms with Crippen LogP contribution in [0, 0.1) is 22.7 Å². The molecule has 0 aromatic heterocycles. The summed E-state index contributed by atoms with van der Waals surface area (Å²) < 4.78 is 39.5. The van der Waals surface area contributed by atoms with Gasteiger partial charge < -0.3 is 31.5 Å². The Morgan fingerprint density at radius 3 is 1.85 bits per heavy atom. The summed E-state index contributed by atoms with van der Waals surface area (Å²) in [4.78, 5) is 80.8. The van der Waals surface area contributed by atoms with E-state index in [2.05, 4.69) is 33.2 Å². The van der Waals surface area contributed by atoms with Crippen molar-refractivity contribution < 1.29 is 41.9 Å². The Morgan fingerprint density at radius 1 is 0.854 bits per heavy atom. The number of nitrogens with zero attached hydrogens (tertiary/aromatic N) is 1. The van der Waals surface area contributed by atoms with Crippen molar-refractivity contribution >= 4 is 35.4 Å². The van der Waals surface area contributed by atoms with Crippen molar-refractivity contribution in [1.82, 2.24) is 31.5 Å². The van der Waals surface area contributed by atoms with Gasteiger partial charge in [0.05, 0.1) is 6.04 Å². The summed E-state index contributed by atoms with van der Waals surface area (Å²) in [6.07, 6.45) is -5.33. The Balaban J connectivity index is 3.42. The van der Waals surface area contributed by atoms with Crippen LogP contribution in [0.25, 0.3) is 0 Å². The third-order valence-corrected chi connectivity index (χ3v) is 8.06. The summed E-state index contributed by atoms with van der Waals surface area (Å²) in [6, 6.07) is -6.13. The van der Waals surface area contributed by atoms with Crippen LogP contribution in [0.15, 0.2) is 12.7 Å². The molecular formula is C33H55F3N6O6. The molecule has 12 nitrogen and oxygen atoms in total. The van der Waals surface area contributed by atoms with E-state index < -0.39 is 95.4 Å². The van der Waals surface area contributed by atoms with E-state index in [1.54, 1.807) is 55.4 Å². The van der Waals surface area contributed by atoms with Crippen molar-refractivity contribution in [3.8, 4) is 0 Å². The molecule has 0 bridgehead atoms. The number of Topliss-reactive ketones (excluding diaryl/α,β-unsaturated/α-hetero) is 1. The van der Waals surface area contributed by atoms with E-state index in [-0.39, 0.29) is 25.0 Å². The zero-order chi connectivity index (χ0) is 37.4. The second-order valence-electron chi connectivity index (χ2n) is 15.1. The molecule has 0 aromatic carbocycles. The summed E-state index contributed by atoms with van der Waals surface area (Å²) in [5, 5.41) is 12.7. The van der Waals surface area contributed by atoms with Gasteiger partial charge in [0, 0.05) is 25.6 Å². The monoisotopic (exact) mass is 688 g/mol. The molecule has 1 rings (SSSR count). The first kappa shape index (κ1) is 42.4. The molecule has 15 heteroatoms. The van der Waals surface area contributed by atoms with Crippen LogP contribution in [-0.2, 0) is 24.0 Å². The number of urea groups is 1. The average Bonchev–Trinajstić information content (AvgIpc) is 3.38. The van der Waals surface area contributed by atoms with Crippen LogP contribution in [0.5, 0.6) is 0 Å². The molecule has 0 spiro atoms. The minimum atomic E-state index is -4.66. The second-order valence-corrected chi connectivity index (χ2v) is 15.1. The Bertz CT molecular complexity index is 1190. The maximum Gasteiger partial charge on any atom is 0.389 e. The number of nitrogens with one attached hydrogen (secondary N) is 5. The zero-order valence-electron chi connectivity index (χ0n) is 29.9. The van der Waals surface area contributed by atoms with Crippen LogP contribution in [-0.4, -0.2) is 89.8 Å². The van der Waals surface area contributed by atoms with Crippen molar-refractivity contribution in [2.45, 2.75) is 125 Å². The minimum Gasteiger partial charge on any atom is -0.352 e. The number of hydrogen-bond donors (Lipinski definition) is 5. The lowest BCUT2D eigenvalue weighted by atomic mass is 9.84. The quantitative estimate of drug-likeness (QED) is 0.139. The van der Waals surface area contributed by atoms with E-state index in [4.69, 9.17) is 0 Å². The fraction of sp³-hybridized carbons (Fsp3) is 0.758. The Hall–Kier alpha value is -3.65. The van der Waals surface area contributed by atoms with Gasteiger partial charge in [0.2, 0.25) is 23.5 Å². The topological polar surface area (TPSA) is 166 Å². The number of halogens is 3. The number of ketones is 1. The highest BCUT2D eigenvalue weighted by molar-refractivity contribution is 6.38. The smallest absolute Gasteiger partial charge is 0.352 e. The molecule has 1 unspecified atom stereocenters. The molecule has 0 radical (unpaired) electrons. The Labute approximate surface area is 282 Å². The van der Waals surface area contributed by atoms with Gasteiger partial charge in [-0.15, -0.1) is 6.58 Å². The van der Waals surface area contributed by atoms with Crippen molar-refractivity contribution in [2.75, 3.05) is 13.1 Å². The Kier molecular flexibility index (Phi) is 15.1. The van der Waals surface area contributed by atoms with E-state index >= 15 is 0 Å². The van der Waals surface area contributed by atoms with Crippen molar-refractivity contribution in [2.24, 2.45) is 22.7 Å². The van der Waals surface area contributed by atoms with Crippen LogP contribution in [0.3, 0.4) is 0 Å². The molecule has 1 fully saturated rings. The highest BCUT2D eigenvalue weighted by atomic mass is 19.4. The van der Waals surface area contributed by atoms with Crippen LogP contribution in [0.4, 0.5) is 18.0 Å². The second kappa shape index (κ2) is 17.1. The zero-order valence-corrected chi connectivity index (χ0v) is 29.9. The summed E-state index contributed by atoms with van der Waals surface area (Å²) in [5.41, 5.74) is -1.58. The number of likely N-dealkylation sites (tertiary alicyclic amines) is 1. The number of carbonyl (C=O) groups excluding carboxylic acids is 6. The summed E-state index contributed by atoms with van der Waals surface area (Å²) in [7, 11) is 0. The van der Waals surface area contributed by atoms with E-state index in [0.717, 1.165) is 0 Å². The fourth-order valence-corrected chi connectivity index (χ4v) is 5.50. The van der Waals surface area contributed by atoms with Gasteiger partial charge in [-0.2, -0.15) is 13.2 Å². The van der Waals surface area contributed by atoms with Crippen molar-refractivity contribution in [1.29, 1.82) is 0 Å². The molecule has 5 N–H and O–H groups in total. The van der Waals surface area contributed by atoms with Crippen LogP contribution < -0.4 is 26.6 Å². The lowest BCUT2D eigenvalue weighted by molar-refractivity contribution is -0.147. The molecule has 5 atom stereocenters. The highest BCUT2D eigenvalue weighted by Gasteiger charge is 2.48. The molecule has 0 saturated carbocycles. The van der Waals surface area contributed by atoms with Crippen LogP contribution >= 0.6 is 0 Å². The van der Waals surface area contributed by atoms with Crippen LogP contribution in [0.1, 0.15) is 88.5 Å². The SMILES string of the molecule is C=CCNC(=O)C(=O)C(CCC(F)(F)F)NC(=O)[C@@H]1[C@@H](C(C)C)CCN1C(=O)[C@@H](NC(=O)N[C@H](C(=O)NC(C)C)C(C)(C)C)C(C)(C)C. The van der Waals surface area contributed by atoms with Gasteiger partial charge in [-0.1, -0.05) is 61.5 Å². The number of carbonyl (C=O) groups is 6. The molecular weight excluding hydrogens is 633 g/mol.